The molecule has 0 spiro atoms. The van der Waals surface area contributed by atoms with Gasteiger partial charge in [-0.25, -0.2) is 5.32 Å². The molecule has 0 aromatic heterocycles. The maximum Gasteiger partial charge on any atom is 0.311 e. The van der Waals surface area contributed by atoms with Crippen LogP contribution in [0.4, 0.5) is 5.69 Å². The van der Waals surface area contributed by atoms with Crippen molar-refractivity contribution in [2.45, 2.75) is 6.54 Å². The fourth-order valence-electron chi connectivity index (χ4n) is 2.81. The average Bonchev–Trinajstić information content (AvgIpc) is 2.74. The summed E-state index contributed by atoms with van der Waals surface area (Å²) in [4.78, 5) is 12.8. The molecule has 2 N–H and O–H groups in total. The van der Waals surface area contributed by atoms with E-state index in [0.717, 1.165) is 15.3 Å². The molecule has 0 aliphatic rings. The van der Waals surface area contributed by atoms with E-state index < -0.39 is 0 Å². The molecular weight excluding hydrogens is 608 g/mol. The average molecular weight is 629 g/mol. The molecule has 4 nitrogen and oxygen atoms in total. The summed E-state index contributed by atoms with van der Waals surface area (Å²) in [7, 11) is 1.99. The summed E-state index contributed by atoms with van der Waals surface area (Å²) in [6.45, 7) is 0.699. The predicted molar refractivity (Wildman–Crippen MR) is 132 cm³/mol. The predicted octanol–water partition coefficient (Wildman–Crippen LogP) is 3.15. The van der Waals surface area contributed by atoms with Gasteiger partial charge in [0.2, 0.25) is 0 Å². The molecule has 31 heavy (non-hydrogen) atoms. The van der Waals surface area contributed by atoms with Crippen molar-refractivity contribution in [3.8, 4) is 5.75 Å². The summed E-state index contributed by atoms with van der Waals surface area (Å²) < 4.78 is 3.29. The Labute approximate surface area is 213 Å². The quantitative estimate of drug-likeness (QED) is 0.191. The molecule has 0 heterocycles. The number of aromatic hydroxyl groups is 1. The summed E-state index contributed by atoms with van der Waals surface area (Å²) in [5, 5.41) is 14.5. The van der Waals surface area contributed by atoms with E-state index in [1.54, 1.807) is 12.1 Å². The molecule has 3 aromatic rings. The van der Waals surface area contributed by atoms with Gasteiger partial charge in [0.05, 0.1) is 22.8 Å². The summed E-state index contributed by atoms with van der Waals surface area (Å²) in [6.07, 6.45) is 0. The fraction of sp³-hybridized carbons (Fsp3) is 0.130. The summed E-state index contributed by atoms with van der Waals surface area (Å²) >= 11 is 8.07. The number of ketones is 1. The lowest BCUT2D eigenvalue weighted by Gasteiger charge is -2.10. The zero-order chi connectivity index (χ0) is 21.5. The maximum absolute atomic E-state index is 12.8. The Hall–Kier alpha value is -1.61. The number of nitrogens with zero attached hydrogens (tertiary/aromatic N) is 1. The third-order valence-corrected chi connectivity index (χ3v) is 6.46. The van der Waals surface area contributed by atoms with Crippen LogP contribution in [0.15, 0.2) is 81.7 Å². The van der Waals surface area contributed by atoms with Gasteiger partial charge in [-0.15, -0.1) is 0 Å². The van der Waals surface area contributed by atoms with Gasteiger partial charge in [0, 0.05) is 4.47 Å². The fourth-order valence-corrected chi connectivity index (χ4v) is 4.93. The first kappa shape index (κ1) is 25.6. The Kier molecular flexibility index (Phi) is 10.3. The smallest absolute Gasteiger partial charge is 0.311 e. The van der Waals surface area contributed by atoms with Crippen LogP contribution in [0.25, 0.3) is 0 Å². The molecule has 0 fully saturated rings. The number of nitrogens with one attached hydrogen (secondary N) is 1. The molecule has 0 aliphatic heterocycles. The number of anilines is 1. The molecule has 0 bridgehead atoms. The molecule has 0 atom stereocenters. The van der Waals surface area contributed by atoms with Crippen molar-refractivity contribution in [2.75, 3.05) is 18.1 Å². The third-order valence-electron chi connectivity index (χ3n) is 4.30. The molecule has 0 unspecified atom stereocenters. The van der Waals surface area contributed by atoms with Crippen LogP contribution in [0.3, 0.4) is 0 Å². The number of para-hydroxylation sites is 1. The van der Waals surface area contributed by atoms with Gasteiger partial charge in [-0.1, -0.05) is 64.5 Å². The second kappa shape index (κ2) is 12.4. The maximum atomic E-state index is 12.8. The highest BCUT2D eigenvalue weighted by molar-refractivity contribution is 9.11. The molecule has 3 aromatic carbocycles. The van der Waals surface area contributed by atoms with E-state index in [0.29, 0.717) is 11.0 Å². The Bertz CT molecular complexity index is 1060. The molecule has 0 radical (unpaired) electrons. The minimum atomic E-state index is -0.153. The molecule has 0 aliphatic carbocycles. The Morgan fingerprint density at radius 3 is 2.29 bits per heavy atom. The minimum Gasteiger partial charge on any atom is -1.00 e. The first-order valence-corrected chi connectivity index (χ1v) is 11.8. The Morgan fingerprint density at radius 2 is 1.65 bits per heavy atom. The molecule has 0 saturated heterocycles. The molecule has 162 valence electrons. The topological polar surface area (TPSA) is 52.3 Å². The number of carbonyl (C=O) groups is 1. The molecule has 0 amide bonds. The van der Waals surface area contributed by atoms with Gasteiger partial charge in [-0.05, 0) is 57.5 Å². The van der Waals surface area contributed by atoms with E-state index >= 15 is 0 Å². The van der Waals surface area contributed by atoms with Crippen molar-refractivity contribution in [3.05, 3.63) is 92.9 Å². The van der Waals surface area contributed by atoms with E-state index in [1.807, 2.05) is 55.6 Å². The summed E-state index contributed by atoms with van der Waals surface area (Å²) in [5.74, 6) is -0.0101. The number of rotatable bonds is 6. The molecule has 0 saturated carbocycles. The van der Waals surface area contributed by atoms with Gasteiger partial charge in [0.15, 0.2) is 5.78 Å². The monoisotopic (exact) mass is 626 g/mol. The number of thioether (sulfide) groups is 1. The Balaban J connectivity index is 0.00000341. The van der Waals surface area contributed by atoms with Crippen molar-refractivity contribution >= 4 is 60.3 Å². The summed E-state index contributed by atoms with van der Waals surface area (Å²) in [5.41, 5.74) is 2.40. The lowest BCUT2D eigenvalue weighted by atomic mass is 10.1. The second-order valence-corrected chi connectivity index (χ2v) is 9.37. The molecule has 3 rings (SSSR count). The highest BCUT2D eigenvalue weighted by Crippen LogP contribution is 2.32. The van der Waals surface area contributed by atoms with Gasteiger partial charge < -0.3 is 22.1 Å². The highest BCUT2D eigenvalue weighted by atomic mass is 79.9. The van der Waals surface area contributed by atoms with Crippen LogP contribution in [0, 0.1) is 0 Å². The van der Waals surface area contributed by atoms with Gasteiger partial charge in [0.1, 0.15) is 18.0 Å². The second-order valence-electron chi connectivity index (χ2n) is 6.63. The first-order valence-electron chi connectivity index (χ1n) is 9.22. The van der Waals surface area contributed by atoms with Crippen molar-refractivity contribution in [1.29, 1.82) is 0 Å². The lowest BCUT2D eigenvalue weighted by molar-refractivity contribution is -0.511. The van der Waals surface area contributed by atoms with E-state index in [-0.39, 0.29) is 39.8 Å². The van der Waals surface area contributed by atoms with Gasteiger partial charge in [-0.2, -0.15) is 0 Å². The van der Waals surface area contributed by atoms with Crippen molar-refractivity contribution in [1.82, 2.24) is 0 Å². The van der Waals surface area contributed by atoms with Crippen LogP contribution >= 0.6 is 43.6 Å². The zero-order valence-corrected chi connectivity index (χ0v) is 22.3. The zero-order valence-electron chi connectivity index (χ0n) is 16.7. The van der Waals surface area contributed by atoms with E-state index in [9.17, 15) is 9.90 Å². The SMILES string of the molecule is C[N+](Cc1ccccc1)=C(Nc1ccccc1)SCC(=O)c1cc(Br)cc(Br)c1O.[Br-]. The van der Waals surface area contributed by atoms with Gasteiger partial charge in [-0.3, -0.25) is 9.37 Å². The molecular formula is C23H21Br3N2O2S. The van der Waals surface area contributed by atoms with Crippen molar-refractivity contribution in [2.24, 2.45) is 0 Å². The number of benzene rings is 3. The van der Waals surface area contributed by atoms with E-state index in [4.69, 9.17) is 0 Å². The summed E-state index contributed by atoms with van der Waals surface area (Å²) in [6, 6.07) is 23.4. The lowest BCUT2D eigenvalue weighted by Crippen LogP contribution is -3.00. The van der Waals surface area contributed by atoms with E-state index in [1.165, 1.54) is 17.3 Å². The van der Waals surface area contributed by atoms with Crippen LogP contribution in [0.2, 0.25) is 0 Å². The van der Waals surface area contributed by atoms with Crippen molar-refractivity contribution in [3.63, 3.8) is 0 Å². The number of phenols is 1. The third kappa shape index (κ3) is 7.49. The Morgan fingerprint density at radius 1 is 1.03 bits per heavy atom. The standard InChI is InChI=1S/C23H20Br2N2O2S.BrH/c1-27(14-16-8-4-2-5-9-16)23(26-18-10-6-3-7-11-18)30-15-21(28)19-12-17(24)13-20(25)22(19)29;/h2-13H,14-15H2,1H3,(H,28,29);1H. The normalized spacial score (nSPS) is 11.3. The van der Waals surface area contributed by atoms with Crippen LogP contribution in [0.1, 0.15) is 15.9 Å². The first-order chi connectivity index (χ1) is 14.4. The van der Waals surface area contributed by atoms with Gasteiger partial charge in [0.25, 0.3) is 0 Å². The van der Waals surface area contributed by atoms with Crippen LogP contribution in [0.5, 0.6) is 5.75 Å². The number of carbonyl (C=O) groups excluding carboxylic acids is 1. The number of amidine groups is 1. The minimum absolute atomic E-state index is 0. The van der Waals surface area contributed by atoms with Crippen LogP contribution in [-0.4, -0.2) is 33.4 Å². The highest BCUT2D eigenvalue weighted by Gasteiger charge is 2.20. The number of halogens is 3. The number of hydrogen-bond acceptors (Lipinski definition) is 3. The number of phenolic OH excluding ortho intramolecular Hbond substituents is 1. The molecule has 8 heteroatoms. The van der Waals surface area contributed by atoms with E-state index in [2.05, 4.69) is 53.9 Å². The number of hydrogen-bond donors (Lipinski definition) is 2. The van der Waals surface area contributed by atoms with Crippen LogP contribution < -0.4 is 22.3 Å². The number of Topliss-reactive ketones (excluding diaryl/α,β-unsaturated/α-hetero) is 1. The van der Waals surface area contributed by atoms with Gasteiger partial charge >= 0.3 is 5.17 Å². The largest absolute Gasteiger partial charge is 1.00 e. The van der Waals surface area contributed by atoms with Crippen LogP contribution in [-0.2, 0) is 6.54 Å². The van der Waals surface area contributed by atoms with Crippen molar-refractivity contribution < 1.29 is 31.5 Å².